The van der Waals surface area contributed by atoms with E-state index in [9.17, 15) is 0 Å². The van der Waals surface area contributed by atoms with Gasteiger partial charge in [-0.05, 0) is 39.2 Å². The van der Waals surface area contributed by atoms with E-state index in [2.05, 4.69) is 16.0 Å². The zero-order valence-corrected chi connectivity index (χ0v) is 11.2. The van der Waals surface area contributed by atoms with E-state index in [4.69, 9.17) is 16.9 Å². The lowest BCUT2D eigenvalue weighted by Crippen LogP contribution is -2.24. The number of hydrogen-bond donors (Lipinski definition) is 0. The Labute approximate surface area is 107 Å². The maximum atomic E-state index is 8.86. The molecule has 17 heavy (non-hydrogen) atoms. The average molecular weight is 253 g/mol. The van der Waals surface area contributed by atoms with E-state index in [1.165, 1.54) is 0 Å². The molecule has 0 saturated heterocycles. The molecular weight excluding hydrogens is 236 g/mol. The highest BCUT2D eigenvalue weighted by Gasteiger charge is 2.06. The van der Waals surface area contributed by atoms with Gasteiger partial charge in [-0.15, -0.1) is 0 Å². The van der Waals surface area contributed by atoms with E-state index < -0.39 is 0 Å². The molecule has 0 aromatic carbocycles. The molecule has 0 spiro atoms. The van der Waals surface area contributed by atoms with Crippen LogP contribution in [0.5, 0.6) is 0 Å². The third-order valence-electron chi connectivity index (χ3n) is 2.40. The van der Waals surface area contributed by atoms with E-state index >= 15 is 0 Å². The van der Waals surface area contributed by atoms with Gasteiger partial charge in [0.1, 0.15) is 11.0 Å². The van der Waals surface area contributed by atoms with Gasteiger partial charge in [-0.25, -0.2) is 4.98 Å². The normalized spacial score (nSPS) is 10.4. The number of aromatic nitrogens is 1. The number of nitriles is 1. The zero-order valence-electron chi connectivity index (χ0n) is 10.4. The molecule has 1 aromatic heterocycles. The minimum Gasteiger partial charge on any atom is -0.360 e. The van der Waals surface area contributed by atoms with Crippen molar-refractivity contribution in [3.05, 3.63) is 22.8 Å². The lowest BCUT2D eigenvalue weighted by molar-refractivity contribution is 0.401. The van der Waals surface area contributed by atoms with Gasteiger partial charge in [-0.3, -0.25) is 0 Å². The van der Waals surface area contributed by atoms with Gasteiger partial charge in [-0.1, -0.05) is 11.6 Å². The summed E-state index contributed by atoms with van der Waals surface area (Å²) in [6.45, 7) is 1.91. The summed E-state index contributed by atoms with van der Waals surface area (Å²) in [5.74, 6) is 0.743. The summed E-state index contributed by atoms with van der Waals surface area (Å²) in [6.07, 6.45) is 1.04. The Morgan fingerprint density at radius 1 is 1.29 bits per heavy atom. The van der Waals surface area contributed by atoms with Gasteiger partial charge in [0.15, 0.2) is 0 Å². The molecule has 4 nitrogen and oxygen atoms in total. The summed E-state index contributed by atoms with van der Waals surface area (Å²) in [5, 5.41) is 9.22. The van der Waals surface area contributed by atoms with Gasteiger partial charge in [-0.2, -0.15) is 5.26 Å². The number of halogens is 1. The summed E-state index contributed by atoms with van der Waals surface area (Å²) in [6, 6.07) is 5.40. The fraction of sp³-hybridized carbons (Fsp3) is 0.500. The van der Waals surface area contributed by atoms with Crippen LogP contribution in [-0.4, -0.2) is 44.1 Å². The maximum absolute atomic E-state index is 8.86. The van der Waals surface area contributed by atoms with Gasteiger partial charge < -0.3 is 9.80 Å². The minimum absolute atomic E-state index is 0.360. The van der Waals surface area contributed by atoms with Crippen LogP contribution in [0, 0.1) is 11.3 Å². The first-order valence-corrected chi connectivity index (χ1v) is 5.84. The molecule has 0 aliphatic rings. The average Bonchev–Trinajstić information content (AvgIpc) is 2.27. The number of anilines is 1. The molecule has 1 rings (SSSR count). The summed E-state index contributed by atoms with van der Waals surface area (Å²) in [4.78, 5) is 8.36. The predicted octanol–water partition coefficient (Wildman–Crippen LogP) is 1.99. The number of hydrogen-bond acceptors (Lipinski definition) is 4. The lowest BCUT2D eigenvalue weighted by atomic mass is 10.2. The first kappa shape index (κ1) is 13.8. The second kappa shape index (κ2) is 6.43. The fourth-order valence-corrected chi connectivity index (χ4v) is 1.69. The topological polar surface area (TPSA) is 43.2 Å². The largest absolute Gasteiger partial charge is 0.360 e. The molecule has 0 radical (unpaired) electrons. The molecule has 0 bridgehead atoms. The quantitative estimate of drug-likeness (QED) is 0.752. The van der Waals surface area contributed by atoms with Crippen LogP contribution in [0.4, 0.5) is 5.82 Å². The zero-order chi connectivity index (χ0) is 12.8. The van der Waals surface area contributed by atoms with Crippen molar-refractivity contribution in [1.29, 1.82) is 5.26 Å². The van der Waals surface area contributed by atoms with Crippen molar-refractivity contribution in [2.24, 2.45) is 0 Å². The van der Waals surface area contributed by atoms with Crippen LogP contribution in [0.2, 0.25) is 5.15 Å². The van der Waals surface area contributed by atoms with Gasteiger partial charge in [0.25, 0.3) is 0 Å². The summed E-state index contributed by atoms with van der Waals surface area (Å²) >= 11 is 5.86. The van der Waals surface area contributed by atoms with E-state index in [0.717, 1.165) is 25.3 Å². The van der Waals surface area contributed by atoms with Crippen molar-refractivity contribution in [1.82, 2.24) is 9.88 Å². The number of nitrogens with zero attached hydrogens (tertiary/aromatic N) is 4. The van der Waals surface area contributed by atoms with Crippen LogP contribution in [0.3, 0.4) is 0 Å². The first-order chi connectivity index (χ1) is 8.02. The Balaban J connectivity index is 2.65. The predicted molar refractivity (Wildman–Crippen MR) is 70.4 cm³/mol. The number of pyridine rings is 1. The van der Waals surface area contributed by atoms with Crippen LogP contribution in [-0.2, 0) is 0 Å². The lowest BCUT2D eigenvalue weighted by Gasteiger charge is -2.19. The first-order valence-electron chi connectivity index (χ1n) is 5.46. The number of rotatable bonds is 5. The standard InChI is InChI=1S/C12H17ClN4/c1-16(2)5-4-6-17(3)12-8-10(9-14)7-11(13)15-12/h7-8H,4-6H2,1-3H3. The van der Waals surface area contributed by atoms with Gasteiger partial charge >= 0.3 is 0 Å². The van der Waals surface area contributed by atoms with Crippen LogP contribution in [0.1, 0.15) is 12.0 Å². The molecule has 0 atom stereocenters. The molecule has 0 fully saturated rings. The molecular formula is C12H17ClN4. The van der Waals surface area contributed by atoms with Gasteiger partial charge in [0.05, 0.1) is 11.6 Å². The molecule has 92 valence electrons. The van der Waals surface area contributed by atoms with Crippen molar-refractivity contribution in [2.45, 2.75) is 6.42 Å². The van der Waals surface area contributed by atoms with Crippen molar-refractivity contribution < 1.29 is 0 Å². The molecule has 0 aliphatic carbocycles. The third-order valence-corrected chi connectivity index (χ3v) is 2.59. The molecule has 5 heteroatoms. The van der Waals surface area contributed by atoms with Crippen molar-refractivity contribution in [2.75, 3.05) is 39.1 Å². The van der Waals surface area contributed by atoms with Crippen molar-refractivity contribution in [3.8, 4) is 6.07 Å². The van der Waals surface area contributed by atoms with E-state index in [1.807, 2.05) is 26.0 Å². The van der Waals surface area contributed by atoms with Crippen molar-refractivity contribution >= 4 is 17.4 Å². The Kier molecular flexibility index (Phi) is 5.20. The molecule has 0 unspecified atom stereocenters. The maximum Gasteiger partial charge on any atom is 0.132 e. The van der Waals surface area contributed by atoms with Gasteiger partial charge in [0.2, 0.25) is 0 Å². The highest BCUT2D eigenvalue weighted by atomic mass is 35.5. The van der Waals surface area contributed by atoms with Crippen LogP contribution < -0.4 is 4.90 Å². The summed E-state index contributed by atoms with van der Waals surface area (Å²) in [7, 11) is 6.05. The second-order valence-electron chi connectivity index (χ2n) is 4.23. The summed E-state index contributed by atoms with van der Waals surface area (Å²) < 4.78 is 0. The van der Waals surface area contributed by atoms with E-state index in [0.29, 0.717) is 10.7 Å². The molecule has 0 N–H and O–H groups in total. The second-order valence-corrected chi connectivity index (χ2v) is 4.61. The monoisotopic (exact) mass is 252 g/mol. The molecule has 0 aliphatic heterocycles. The molecule has 0 saturated carbocycles. The highest BCUT2D eigenvalue weighted by Crippen LogP contribution is 2.16. The highest BCUT2D eigenvalue weighted by molar-refractivity contribution is 6.29. The van der Waals surface area contributed by atoms with E-state index in [1.54, 1.807) is 12.1 Å². The van der Waals surface area contributed by atoms with Crippen LogP contribution in [0.15, 0.2) is 12.1 Å². The molecule has 1 heterocycles. The minimum atomic E-state index is 0.360. The Morgan fingerprint density at radius 3 is 2.59 bits per heavy atom. The fourth-order valence-electron chi connectivity index (χ4n) is 1.48. The Morgan fingerprint density at radius 2 is 2.00 bits per heavy atom. The molecule has 1 aromatic rings. The smallest absolute Gasteiger partial charge is 0.132 e. The molecule has 0 amide bonds. The van der Waals surface area contributed by atoms with Gasteiger partial charge in [0, 0.05) is 13.6 Å². The summed E-state index contributed by atoms with van der Waals surface area (Å²) in [5.41, 5.74) is 0.541. The van der Waals surface area contributed by atoms with Crippen LogP contribution in [0.25, 0.3) is 0 Å². The SMILES string of the molecule is CN(C)CCCN(C)c1cc(C#N)cc(Cl)n1. The third kappa shape index (κ3) is 4.59. The Hall–Kier alpha value is -1.31. The van der Waals surface area contributed by atoms with Crippen molar-refractivity contribution in [3.63, 3.8) is 0 Å². The van der Waals surface area contributed by atoms with E-state index in [-0.39, 0.29) is 0 Å². The Bertz CT molecular complexity index is 411. The van der Waals surface area contributed by atoms with Crippen LogP contribution >= 0.6 is 11.6 Å².